The zero-order valence-corrected chi connectivity index (χ0v) is 12.0. The van der Waals surface area contributed by atoms with Crippen molar-refractivity contribution in [3.8, 4) is 0 Å². The largest absolute Gasteiger partial charge is 0.355 e. The molecule has 0 aromatic heterocycles. The molecule has 5 nitrogen and oxygen atoms in total. The number of nitrogens with one attached hydrogen (secondary N) is 3. The van der Waals surface area contributed by atoms with Crippen molar-refractivity contribution in [2.75, 3.05) is 25.5 Å². The number of hydrogen-bond donors (Lipinski definition) is 3. The summed E-state index contributed by atoms with van der Waals surface area (Å²) >= 11 is 0. The Bertz CT molecular complexity index is 585. The zero-order valence-electron chi connectivity index (χ0n) is 12.0. The maximum absolute atomic E-state index is 12.2. The van der Waals surface area contributed by atoms with Gasteiger partial charge >= 0.3 is 0 Å². The second-order valence-corrected chi connectivity index (χ2v) is 4.84. The third kappa shape index (κ3) is 2.72. The lowest BCUT2D eigenvalue weighted by atomic mass is 10.0. The molecule has 0 radical (unpaired) electrons. The van der Waals surface area contributed by atoms with E-state index in [-0.39, 0.29) is 11.8 Å². The number of benzene rings is 1. The van der Waals surface area contributed by atoms with Gasteiger partial charge < -0.3 is 16.0 Å². The molecule has 2 rings (SSSR count). The molecule has 0 aliphatic carbocycles. The van der Waals surface area contributed by atoms with Gasteiger partial charge in [-0.2, -0.15) is 0 Å². The molecule has 20 heavy (non-hydrogen) atoms. The smallest absolute Gasteiger partial charge is 0.251 e. The molecule has 0 saturated carbocycles. The minimum absolute atomic E-state index is 0.112. The highest BCUT2D eigenvalue weighted by molar-refractivity contribution is 6.05. The van der Waals surface area contributed by atoms with E-state index in [0.29, 0.717) is 11.3 Å². The van der Waals surface area contributed by atoms with E-state index >= 15 is 0 Å². The summed E-state index contributed by atoms with van der Waals surface area (Å²) in [5.41, 5.74) is 3.88. The number of carbonyl (C=O) groups is 2. The first-order valence-corrected chi connectivity index (χ1v) is 6.57. The zero-order chi connectivity index (χ0) is 14.7. The fourth-order valence-electron chi connectivity index (χ4n) is 2.04. The Kier molecular flexibility index (Phi) is 4.20. The maximum atomic E-state index is 12.2. The first-order valence-electron chi connectivity index (χ1n) is 6.57. The van der Waals surface area contributed by atoms with Gasteiger partial charge in [-0.05, 0) is 37.1 Å². The lowest BCUT2D eigenvalue weighted by Crippen LogP contribution is -2.36. The van der Waals surface area contributed by atoms with E-state index in [0.717, 1.165) is 29.8 Å². The SMILES string of the molecule is CNC(=O)c1cccc(NC(=O)C(C)=C2CNC2)c1C. The Hall–Kier alpha value is -2.14. The van der Waals surface area contributed by atoms with Crippen LogP contribution >= 0.6 is 0 Å². The molecule has 0 spiro atoms. The fraction of sp³-hybridized carbons (Fsp3) is 0.333. The Labute approximate surface area is 118 Å². The van der Waals surface area contributed by atoms with Crippen LogP contribution in [0.5, 0.6) is 0 Å². The molecule has 0 bridgehead atoms. The summed E-state index contributed by atoms with van der Waals surface area (Å²) in [5, 5.41) is 8.58. The van der Waals surface area contributed by atoms with E-state index < -0.39 is 0 Å². The van der Waals surface area contributed by atoms with Crippen LogP contribution in [0.4, 0.5) is 5.69 Å². The molecule has 1 saturated heterocycles. The van der Waals surface area contributed by atoms with Crippen molar-refractivity contribution < 1.29 is 9.59 Å². The average molecular weight is 273 g/mol. The molecule has 2 amide bonds. The number of carbonyl (C=O) groups excluding carboxylic acids is 2. The molecule has 1 heterocycles. The van der Waals surface area contributed by atoms with Crippen LogP contribution in [-0.4, -0.2) is 32.0 Å². The Morgan fingerprint density at radius 3 is 2.50 bits per heavy atom. The van der Waals surface area contributed by atoms with Crippen molar-refractivity contribution in [3.05, 3.63) is 40.5 Å². The standard InChI is InChI=1S/C15H19N3O2/c1-9(11-7-17-8-11)14(19)18-13-6-4-5-12(10(13)2)15(20)16-3/h4-6,17H,7-8H2,1-3H3,(H,16,20)(H,18,19). The molecule has 1 aromatic carbocycles. The van der Waals surface area contributed by atoms with E-state index in [2.05, 4.69) is 16.0 Å². The second kappa shape index (κ2) is 5.88. The van der Waals surface area contributed by atoms with E-state index in [4.69, 9.17) is 0 Å². The minimum Gasteiger partial charge on any atom is -0.355 e. The number of rotatable bonds is 3. The van der Waals surface area contributed by atoms with Gasteiger partial charge in [0, 0.05) is 37.0 Å². The van der Waals surface area contributed by atoms with Crippen LogP contribution in [0, 0.1) is 6.92 Å². The summed E-state index contributed by atoms with van der Waals surface area (Å²) < 4.78 is 0. The first-order chi connectivity index (χ1) is 9.54. The summed E-state index contributed by atoms with van der Waals surface area (Å²) in [6, 6.07) is 5.31. The van der Waals surface area contributed by atoms with E-state index in [1.807, 2.05) is 13.8 Å². The van der Waals surface area contributed by atoms with Crippen LogP contribution < -0.4 is 16.0 Å². The summed E-state index contributed by atoms with van der Waals surface area (Å²) in [6.45, 7) is 5.20. The van der Waals surface area contributed by atoms with E-state index in [1.54, 1.807) is 25.2 Å². The van der Waals surface area contributed by atoms with Crippen molar-refractivity contribution >= 4 is 17.5 Å². The molecule has 1 aromatic rings. The van der Waals surface area contributed by atoms with Gasteiger partial charge in [-0.1, -0.05) is 6.07 Å². The topological polar surface area (TPSA) is 70.2 Å². The highest BCUT2D eigenvalue weighted by Gasteiger charge is 2.17. The highest BCUT2D eigenvalue weighted by atomic mass is 16.2. The van der Waals surface area contributed by atoms with Crippen LogP contribution in [0.25, 0.3) is 0 Å². The van der Waals surface area contributed by atoms with Gasteiger partial charge in [-0.15, -0.1) is 0 Å². The van der Waals surface area contributed by atoms with Crippen LogP contribution in [0.1, 0.15) is 22.8 Å². The van der Waals surface area contributed by atoms with Gasteiger partial charge in [-0.3, -0.25) is 9.59 Å². The Morgan fingerprint density at radius 2 is 1.95 bits per heavy atom. The molecule has 5 heteroatoms. The number of hydrogen-bond acceptors (Lipinski definition) is 3. The number of anilines is 1. The minimum atomic E-state index is -0.156. The van der Waals surface area contributed by atoms with Gasteiger partial charge in [0.1, 0.15) is 0 Å². The van der Waals surface area contributed by atoms with Gasteiger partial charge in [0.15, 0.2) is 0 Å². The van der Waals surface area contributed by atoms with E-state index in [9.17, 15) is 9.59 Å². The van der Waals surface area contributed by atoms with Gasteiger partial charge in [0.05, 0.1) is 0 Å². The van der Waals surface area contributed by atoms with Crippen LogP contribution in [0.2, 0.25) is 0 Å². The lowest BCUT2D eigenvalue weighted by Gasteiger charge is -2.21. The molecular weight excluding hydrogens is 254 g/mol. The maximum Gasteiger partial charge on any atom is 0.251 e. The summed E-state index contributed by atoms with van der Waals surface area (Å²) in [6.07, 6.45) is 0. The van der Waals surface area contributed by atoms with Gasteiger partial charge in [-0.25, -0.2) is 0 Å². The lowest BCUT2D eigenvalue weighted by molar-refractivity contribution is -0.112. The first kappa shape index (κ1) is 14.3. The van der Waals surface area contributed by atoms with Crippen molar-refractivity contribution in [1.82, 2.24) is 10.6 Å². The monoisotopic (exact) mass is 273 g/mol. The van der Waals surface area contributed by atoms with Gasteiger partial charge in [0.25, 0.3) is 11.8 Å². The third-order valence-electron chi connectivity index (χ3n) is 3.60. The predicted molar refractivity (Wildman–Crippen MR) is 78.8 cm³/mol. The van der Waals surface area contributed by atoms with Crippen LogP contribution in [-0.2, 0) is 4.79 Å². The summed E-state index contributed by atoms with van der Waals surface area (Å²) in [4.78, 5) is 23.9. The Morgan fingerprint density at radius 1 is 1.25 bits per heavy atom. The number of amides is 2. The molecule has 3 N–H and O–H groups in total. The van der Waals surface area contributed by atoms with Crippen LogP contribution in [0.15, 0.2) is 29.3 Å². The summed E-state index contributed by atoms with van der Waals surface area (Å²) in [5.74, 6) is -0.268. The fourth-order valence-corrected chi connectivity index (χ4v) is 2.04. The third-order valence-corrected chi connectivity index (χ3v) is 3.60. The predicted octanol–water partition coefficient (Wildman–Crippen LogP) is 1.21. The molecule has 1 aliphatic rings. The summed E-state index contributed by atoms with van der Waals surface area (Å²) in [7, 11) is 1.59. The molecular formula is C15H19N3O2. The molecule has 1 fully saturated rings. The molecule has 106 valence electrons. The van der Waals surface area contributed by atoms with Gasteiger partial charge in [0.2, 0.25) is 0 Å². The highest BCUT2D eigenvalue weighted by Crippen LogP contribution is 2.20. The van der Waals surface area contributed by atoms with Crippen LogP contribution in [0.3, 0.4) is 0 Å². The normalized spacial score (nSPS) is 13.4. The van der Waals surface area contributed by atoms with Crippen molar-refractivity contribution in [3.63, 3.8) is 0 Å². The van der Waals surface area contributed by atoms with Crippen molar-refractivity contribution in [1.29, 1.82) is 0 Å². The van der Waals surface area contributed by atoms with E-state index in [1.165, 1.54) is 0 Å². The quantitative estimate of drug-likeness (QED) is 0.725. The van der Waals surface area contributed by atoms with Crippen molar-refractivity contribution in [2.45, 2.75) is 13.8 Å². The molecule has 1 aliphatic heterocycles. The van der Waals surface area contributed by atoms with Crippen molar-refractivity contribution in [2.24, 2.45) is 0 Å². The Balaban J connectivity index is 2.22. The average Bonchev–Trinajstić information content (AvgIpc) is 2.38. The molecule has 0 unspecified atom stereocenters. The molecule has 0 atom stereocenters. The second-order valence-electron chi connectivity index (χ2n) is 4.84.